The fourth-order valence-electron chi connectivity index (χ4n) is 2.37. The van der Waals surface area contributed by atoms with Gasteiger partial charge in [-0.15, -0.1) is 0 Å². The number of hydrogen-bond donors (Lipinski definition) is 2. The van der Waals surface area contributed by atoms with Gasteiger partial charge in [-0.2, -0.15) is 0 Å². The molecule has 0 bridgehead atoms. The maximum Gasteiger partial charge on any atom is 0.253 e. The molecule has 24 heavy (non-hydrogen) atoms. The van der Waals surface area contributed by atoms with Crippen molar-refractivity contribution in [3.05, 3.63) is 59.2 Å². The van der Waals surface area contributed by atoms with Crippen LogP contribution in [-0.4, -0.2) is 30.8 Å². The first kappa shape index (κ1) is 17.5. The van der Waals surface area contributed by atoms with Crippen molar-refractivity contribution in [3.8, 4) is 0 Å². The Hall–Kier alpha value is -2.82. The van der Waals surface area contributed by atoms with Gasteiger partial charge in [0.25, 0.3) is 5.91 Å². The number of anilines is 2. The zero-order chi connectivity index (χ0) is 17.7. The number of benzene rings is 2. The lowest BCUT2D eigenvalue weighted by Gasteiger charge is -2.14. The van der Waals surface area contributed by atoms with E-state index in [0.717, 1.165) is 11.1 Å². The first-order chi connectivity index (χ1) is 11.4. The number of carbonyl (C=O) groups excluding carboxylic acids is 2. The molecule has 0 fully saturated rings. The summed E-state index contributed by atoms with van der Waals surface area (Å²) < 4.78 is 0. The first-order valence-corrected chi connectivity index (χ1v) is 7.84. The van der Waals surface area contributed by atoms with Gasteiger partial charge < -0.3 is 16.0 Å². The van der Waals surface area contributed by atoms with Crippen LogP contribution in [0.3, 0.4) is 0 Å². The van der Waals surface area contributed by atoms with Crippen LogP contribution in [0.4, 0.5) is 11.4 Å². The van der Waals surface area contributed by atoms with Gasteiger partial charge in [-0.3, -0.25) is 9.59 Å². The molecule has 0 unspecified atom stereocenters. The van der Waals surface area contributed by atoms with E-state index in [1.807, 2.05) is 37.3 Å². The molecule has 2 rings (SSSR count). The van der Waals surface area contributed by atoms with E-state index in [-0.39, 0.29) is 11.8 Å². The summed E-state index contributed by atoms with van der Waals surface area (Å²) in [5.74, 6) is -0.196. The third-order valence-corrected chi connectivity index (χ3v) is 3.84. The molecular weight excluding hydrogens is 302 g/mol. The lowest BCUT2D eigenvalue weighted by molar-refractivity contribution is -0.116. The summed E-state index contributed by atoms with van der Waals surface area (Å²) in [6, 6.07) is 12.8. The Kier molecular flexibility index (Phi) is 5.58. The van der Waals surface area contributed by atoms with Crippen LogP contribution in [0.25, 0.3) is 0 Å². The van der Waals surface area contributed by atoms with Crippen molar-refractivity contribution >= 4 is 23.2 Å². The Morgan fingerprint density at radius 3 is 2.50 bits per heavy atom. The minimum Gasteiger partial charge on any atom is -0.399 e. The molecule has 0 atom stereocenters. The number of amides is 2. The SMILES string of the molecule is Cc1ccc(C(=O)N(C)C)cc1NC(=O)CCc1ccccc1N. The smallest absolute Gasteiger partial charge is 0.253 e. The summed E-state index contributed by atoms with van der Waals surface area (Å²) in [6.07, 6.45) is 0.910. The van der Waals surface area contributed by atoms with Crippen molar-refractivity contribution in [1.82, 2.24) is 4.90 Å². The highest BCUT2D eigenvalue weighted by molar-refractivity contribution is 5.97. The molecule has 0 aliphatic carbocycles. The molecule has 126 valence electrons. The number of nitrogen functional groups attached to an aromatic ring is 1. The van der Waals surface area contributed by atoms with Crippen LogP contribution in [0.1, 0.15) is 27.9 Å². The molecule has 0 heterocycles. The van der Waals surface area contributed by atoms with Gasteiger partial charge in [-0.25, -0.2) is 0 Å². The van der Waals surface area contributed by atoms with Gasteiger partial charge in [0.1, 0.15) is 0 Å². The number of nitrogens with two attached hydrogens (primary N) is 1. The van der Waals surface area contributed by atoms with Crippen molar-refractivity contribution in [3.63, 3.8) is 0 Å². The second kappa shape index (κ2) is 7.64. The van der Waals surface area contributed by atoms with Crippen LogP contribution in [0.2, 0.25) is 0 Å². The van der Waals surface area contributed by atoms with Crippen molar-refractivity contribution in [2.24, 2.45) is 0 Å². The minimum absolute atomic E-state index is 0.0949. The maximum atomic E-state index is 12.2. The van der Waals surface area contributed by atoms with E-state index < -0.39 is 0 Å². The average molecular weight is 325 g/mol. The minimum atomic E-state index is -0.101. The number of rotatable bonds is 5. The lowest BCUT2D eigenvalue weighted by Crippen LogP contribution is -2.22. The first-order valence-electron chi connectivity index (χ1n) is 7.84. The zero-order valence-corrected chi connectivity index (χ0v) is 14.3. The molecule has 0 aliphatic heterocycles. The summed E-state index contributed by atoms with van der Waals surface area (Å²) in [7, 11) is 3.40. The van der Waals surface area contributed by atoms with Crippen molar-refractivity contribution in [1.29, 1.82) is 0 Å². The molecule has 5 heteroatoms. The normalized spacial score (nSPS) is 10.3. The summed E-state index contributed by atoms with van der Waals surface area (Å²) in [5.41, 5.74) is 9.67. The van der Waals surface area contributed by atoms with E-state index in [4.69, 9.17) is 5.73 Å². The van der Waals surface area contributed by atoms with Crippen LogP contribution in [0.15, 0.2) is 42.5 Å². The van der Waals surface area contributed by atoms with Crippen LogP contribution in [0, 0.1) is 6.92 Å². The van der Waals surface area contributed by atoms with E-state index in [9.17, 15) is 9.59 Å². The fourth-order valence-corrected chi connectivity index (χ4v) is 2.37. The van der Waals surface area contributed by atoms with Crippen LogP contribution in [-0.2, 0) is 11.2 Å². The van der Waals surface area contributed by atoms with E-state index in [1.165, 1.54) is 4.90 Å². The molecule has 2 aromatic carbocycles. The summed E-state index contributed by atoms with van der Waals surface area (Å²) in [4.78, 5) is 25.8. The highest BCUT2D eigenvalue weighted by Crippen LogP contribution is 2.19. The molecule has 0 saturated carbocycles. The summed E-state index contributed by atoms with van der Waals surface area (Å²) in [6.45, 7) is 1.90. The third-order valence-electron chi connectivity index (χ3n) is 3.84. The van der Waals surface area contributed by atoms with Gasteiger partial charge in [0.05, 0.1) is 0 Å². The van der Waals surface area contributed by atoms with E-state index in [0.29, 0.717) is 29.8 Å². The Morgan fingerprint density at radius 2 is 1.83 bits per heavy atom. The van der Waals surface area contributed by atoms with Crippen LogP contribution < -0.4 is 11.1 Å². The van der Waals surface area contributed by atoms with Gasteiger partial charge in [-0.1, -0.05) is 24.3 Å². The highest BCUT2D eigenvalue weighted by atomic mass is 16.2. The quantitative estimate of drug-likeness (QED) is 0.830. The summed E-state index contributed by atoms with van der Waals surface area (Å²) in [5, 5.41) is 2.88. The monoisotopic (exact) mass is 325 g/mol. The Labute approximate surface area is 142 Å². The Balaban J connectivity index is 2.04. The van der Waals surface area contributed by atoms with E-state index in [2.05, 4.69) is 5.32 Å². The average Bonchev–Trinajstić information content (AvgIpc) is 2.55. The molecule has 2 aromatic rings. The predicted molar refractivity (Wildman–Crippen MR) is 97.0 cm³/mol. The lowest BCUT2D eigenvalue weighted by atomic mass is 10.1. The van der Waals surface area contributed by atoms with Crippen LogP contribution in [0.5, 0.6) is 0 Å². The second-order valence-corrected chi connectivity index (χ2v) is 5.98. The number of nitrogens with zero attached hydrogens (tertiary/aromatic N) is 1. The number of para-hydroxylation sites is 1. The molecule has 5 nitrogen and oxygen atoms in total. The number of hydrogen-bond acceptors (Lipinski definition) is 3. The molecule has 0 radical (unpaired) electrons. The molecule has 0 saturated heterocycles. The Morgan fingerprint density at radius 1 is 1.12 bits per heavy atom. The molecule has 2 amide bonds. The van der Waals surface area contributed by atoms with E-state index >= 15 is 0 Å². The highest BCUT2D eigenvalue weighted by Gasteiger charge is 2.12. The van der Waals surface area contributed by atoms with Crippen LogP contribution >= 0.6 is 0 Å². The fraction of sp³-hybridized carbons (Fsp3) is 0.263. The molecular formula is C19H23N3O2. The predicted octanol–water partition coefficient (Wildman–Crippen LogP) is 2.85. The topological polar surface area (TPSA) is 75.4 Å². The van der Waals surface area contributed by atoms with Crippen molar-refractivity contribution in [2.75, 3.05) is 25.1 Å². The molecule has 3 N–H and O–H groups in total. The third kappa shape index (κ3) is 4.35. The van der Waals surface area contributed by atoms with Crippen molar-refractivity contribution in [2.45, 2.75) is 19.8 Å². The van der Waals surface area contributed by atoms with Gasteiger partial charge in [0.15, 0.2) is 0 Å². The number of aryl methyl sites for hydroxylation is 2. The number of nitrogens with one attached hydrogen (secondary N) is 1. The molecule has 0 aliphatic rings. The van der Waals surface area contributed by atoms with Gasteiger partial charge in [0, 0.05) is 37.5 Å². The van der Waals surface area contributed by atoms with E-state index in [1.54, 1.807) is 26.2 Å². The second-order valence-electron chi connectivity index (χ2n) is 5.98. The number of carbonyl (C=O) groups is 2. The van der Waals surface area contributed by atoms with Gasteiger partial charge in [0.2, 0.25) is 5.91 Å². The maximum absolute atomic E-state index is 12.2. The largest absolute Gasteiger partial charge is 0.399 e. The molecule has 0 spiro atoms. The van der Waals surface area contributed by atoms with Gasteiger partial charge in [-0.05, 0) is 42.7 Å². The summed E-state index contributed by atoms with van der Waals surface area (Å²) >= 11 is 0. The molecule has 0 aromatic heterocycles. The zero-order valence-electron chi connectivity index (χ0n) is 14.3. The Bertz CT molecular complexity index is 754. The van der Waals surface area contributed by atoms with Gasteiger partial charge >= 0.3 is 0 Å². The van der Waals surface area contributed by atoms with Crippen molar-refractivity contribution < 1.29 is 9.59 Å². The standard InChI is InChI=1S/C19H23N3O2/c1-13-8-9-15(19(24)22(2)3)12-17(13)21-18(23)11-10-14-6-4-5-7-16(14)20/h4-9,12H,10-11,20H2,1-3H3,(H,21,23).